The van der Waals surface area contributed by atoms with Crippen LogP contribution in [0.3, 0.4) is 0 Å². The van der Waals surface area contributed by atoms with Crippen LogP contribution in [0.4, 0.5) is 11.4 Å². The summed E-state index contributed by atoms with van der Waals surface area (Å²) in [5, 5.41) is 0. The van der Waals surface area contributed by atoms with Gasteiger partial charge in [0.05, 0.1) is 11.1 Å². The zero-order valence-corrected chi connectivity index (χ0v) is 11.8. The second kappa shape index (κ2) is 5.66. The summed E-state index contributed by atoms with van der Waals surface area (Å²) in [5.74, 6) is -1.58. The van der Waals surface area contributed by atoms with E-state index in [1.54, 1.807) is 37.3 Å². The minimum atomic E-state index is -0.790. The summed E-state index contributed by atoms with van der Waals surface area (Å²) < 4.78 is 4.86. The normalized spacial score (nSPS) is 10.2. The fourth-order valence-electron chi connectivity index (χ4n) is 1.90. The van der Waals surface area contributed by atoms with Crippen LogP contribution >= 0.6 is 0 Å². The lowest BCUT2D eigenvalue weighted by atomic mass is 10.1. The lowest BCUT2D eigenvalue weighted by Crippen LogP contribution is -2.16. The first-order valence-electron chi connectivity index (χ1n) is 6.38. The molecular weight excluding hydrogens is 268 g/mol. The maximum Gasteiger partial charge on any atom is 0.348 e. The minimum absolute atomic E-state index is 0.162. The molecule has 0 saturated carbocycles. The smallest absolute Gasteiger partial charge is 0.348 e. The second-order valence-corrected chi connectivity index (χ2v) is 4.80. The molecule has 5 nitrogen and oxygen atoms in total. The van der Waals surface area contributed by atoms with Gasteiger partial charge in [-0.2, -0.15) is 0 Å². The Kier molecular flexibility index (Phi) is 3.93. The van der Waals surface area contributed by atoms with Crippen molar-refractivity contribution in [2.24, 2.45) is 0 Å². The number of carbonyl (C=O) groups excluding carboxylic acids is 2. The third-order valence-corrected chi connectivity index (χ3v) is 3.16. The molecule has 0 aliphatic carbocycles. The number of ether oxygens (including phenoxy) is 1. The Morgan fingerprint density at radius 3 is 2.33 bits per heavy atom. The van der Waals surface area contributed by atoms with Gasteiger partial charge < -0.3 is 16.2 Å². The molecule has 0 amide bonds. The fourth-order valence-corrected chi connectivity index (χ4v) is 1.90. The number of hydrogen-bond acceptors (Lipinski definition) is 5. The minimum Gasteiger partial charge on any atom is -0.398 e. The number of nitrogens with two attached hydrogens (primary N) is 2. The molecular formula is C16H16N2O3. The SMILES string of the molecule is Cc1ccc(N)c(C(=O)OC(=O)c2cccc(C)c2N)c1. The van der Waals surface area contributed by atoms with Gasteiger partial charge in [0.2, 0.25) is 0 Å². The molecule has 0 spiro atoms. The van der Waals surface area contributed by atoms with Crippen LogP contribution in [0.15, 0.2) is 36.4 Å². The molecule has 0 radical (unpaired) electrons. The molecule has 0 atom stereocenters. The maximum absolute atomic E-state index is 12.0. The molecule has 0 aromatic heterocycles. The van der Waals surface area contributed by atoms with E-state index in [1.165, 1.54) is 6.07 Å². The Morgan fingerprint density at radius 1 is 0.952 bits per heavy atom. The predicted octanol–water partition coefficient (Wildman–Crippen LogP) is 2.47. The van der Waals surface area contributed by atoms with Gasteiger partial charge in [-0.15, -0.1) is 0 Å². The Hall–Kier alpha value is -2.82. The van der Waals surface area contributed by atoms with Gasteiger partial charge in [0, 0.05) is 11.4 Å². The largest absolute Gasteiger partial charge is 0.398 e. The van der Waals surface area contributed by atoms with Crippen LogP contribution in [-0.2, 0) is 4.74 Å². The van der Waals surface area contributed by atoms with E-state index >= 15 is 0 Å². The molecule has 2 aromatic rings. The molecule has 2 aromatic carbocycles. The Morgan fingerprint density at radius 2 is 1.62 bits per heavy atom. The highest BCUT2D eigenvalue weighted by atomic mass is 16.6. The first-order valence-corrected chi connectivity index (χ1v) is 6.38. The van der Waals surface area contributed by atoms with Crippen molar-refractivity contribution >= 4 is 23.3 Å². The number of nitrogen functional groups attached to an aromatic ring is 2. The van der Waals surface area contributed by atoms with Gasteiger partial charge in [-0.1, -0.05) is 23.8 Å². The molecule has 2 rings (SSSR count). The summed E-state index contributed by atoms with van der Waals surface area (Å²) in [7, 11) is 0. The van der Waals surface area contributed by atoms with Crippen LogP contribution in [0.5, 0.6) is 0 Å². The summed E-state index contributed by atoms with van der Waals surface area (Å²) in [5.41, 5.74) is 14.0. The number of anilines is 2. The monoisotopic (exact) mass is 284 g/mol. The van der Waals surface area contributed by atoms with Gasteiger partial charge in [0.25, 0.3) is 0 Å². The van der Waals surface area contributed by atoms with E-state index in [0.717, 1.165) is 11.1 Å². The molecule has 0 aliphatic rings. The van der Waals surface area contributed by atoms with Crippen molar-refractivity contribution in [3.05, 3.63) is 58.7 Å². The number of esters is 2. The van der Waals surface area contributed by atoms with Gasteiger partial charge in [-0.3, -0.25) is 0 Å². The number of carbonyl (C=O) groups is 2. The molecule has 0 bridgehead atoms. The van der Waals surface area contributed by atoms with E-state index in [1.807, 2.05) is 6.92 Å². The number of aryl methyl sites for hydroxylation is 2. The lowest BCUT2D eigenvalue weighted by Gasteiger charge is -2.09. The molecule has 21 heavy (non-hydrogen) atoms. The summed E-state index contributed by atoms with van der Waals surface area (Å²) >= 11 is 0. The zero-order valence-electron chi connectivity index (χ0n) is 11.8. The van der Waals surface area contributed by atoms with Crippen LogP contribution in [0.1, 0.15) is 31.8 Å². The van der Waals surface area contributed by atoms with Gasteiger partial charge in [0.1, 0.15) is 0 Å². The fraction of sp³-hybridized carbons (Fsp3) is 0.125. The molecule has 5 heteroatoms. The lowest BCUT2D eigenvalue weighted by molar-refractivity contribution is 0.0399. The third-order valence-electron chi connectivity index (χ3n) is 3.16. The van der Waals surface area contributed by atoms with Gasteiger partial charge in [-0.05, 0) is 37.6 Å². The van der Waals surface area contributed by atoms with E-state index < -0.39 is 11.9 Å². The summed E-state index contributed by atoms with van der Waals surface area (Å²) in [6.45, 7) is 3.59. The molecule has 108 valence electrons. The number of para-hydroxylation sites is 1. The third kappa shape index (κ3) is 3.02. The highest BCUT2D eigenvalue weighted by molar-refractivity contribution is 6.07. The highest BCUT2D eigenvalue weighted by Gasteiger charge is 2.19. The molecule has 4 N–H and O–H groups in total. The van der Waals surface area contributed by atoms with Crippen LogP contribution in [0, 0.1) is 13.8 Å². The van der Waals surface area contributed by atoms with Crippen LogP contribution in [0.2, 0.25) is 0 Å². The maximum atomic E-state index is 12.0. The molecule has 0 aliphatic heterocycles. The first-order chi connectivity index (χ1) is 9.90. The summed E-state index contributed by atoms with van der Waals surface area (Å²) in [6, 6.07) is 9.90. The van der Waals surface area contributed by atoms with E-state index in [0.29, 0.717) is 5.69 Å². The van der Waals surface area contributed by atoms with Crippen molar-refractivity contribution in [2.45, 2.75) is 13.8 Å². The zero-order chi connectivity index (χ0) is 15.6. The summed E-state index contributed by atoms with van der Waals surface area (Å²) in [6.07, 6.45) is 0. The number of rotatable bonds is 2. The molecule has 0 unspecified atom stereocenters. The molecule has 0 fully saturated rings. The van der Waals surface area contributed by atoms with Crippen molar-refractivity contribution in [3.63, 3.8) is 0 Å². The van der Waals surface area contributed by atoms with Crippen LogP contribution < -0.4 is 11.5 Å². The van der Waals surface area contributed by atoms with Crippen molar-refractivity contribution in [1.29, 1.82) is 0 Å². The van der Waals surface area contributed by atoms with Crippen molar-refractivity contribution in [2.75, 3.05) is 11.5 Å². The Bertz CT molecular complexity index is 711. The Labute approximate surface area is 122 Å². The van der Waals surface area contributed by atoms with E-state index in [4.69, 9.17) is 16.2 Å². The van der Waals surface area contributed by atoms with Crippen LogP contribution in [0.25, 0.3) is 0 Å². The van der Waals surface area contributed by atoms with E-state index in [9.17, 15) is 9.59 Å². The first kappa shape index (κ1) is 14.6. The van der Waals surface area contributed by atoms with Crippen molar-refractivity contribution < 1.29 is 14.3 Å². The average molecular weight is 284 g/mol. The number of benzene rings is 2. The second-order valence-electron chi connectivity index (χ2n) is 4.80. The predicted molar refractivity (Wildman–Crippen MR) is 80.9 cm³/mol. The van der Waals surface area contributed by atoms with E-state index in [-0.39, 0.29) is 16.8 Å². The van der Waals surface area contributed by atoms with Gasteiger partial charge in [-0.25, -0.2) is 9.59 Å². The molecule has 0 heterocycles. The topological polar surface area (TPSA) is 95.4 Å². The quantitative estimate of drug-likeness (QED) is 0.502. The standard InChI is InChI=1S/C16H16N2O3/c1-9-6-7-13(17)12(8-9)16(20)21-15(19)11-5-3-4-10(2)14(11)18/h3-8H,17-18H2,1-2H3. The van der Waals surface area contributed by atoms with E-state index in [2.05, 4.69) is 0 Å². The van der Waals surface area contributed by atoms with Crippen LogP contribution in [-0.4, -0.2) is 11.9 Å². The van der Waals surface area contributed by atoms with Crippen molar-refractivity contribution in [3.8, 4) is 0 Å². The van der Waals surface area contributed by atoms with Gasteiger partial charge in [0.15, 0.2) is 0 Å². The number of hydrogen-bond donors (Lipinski definition) is 2. The Balaban J connectivity index is 2.25. The summed E-state index contributed by atoms with van der Waals surface area (Å²) in [4.78, 5) is 24.1. The average Bonchev–Trinajstić information content (AvgIpc) is 2.44. The van der Waals surface area contributed by atoms with Crippen molar-refractivity contribution in [1.82, 2.24) is 0 Å². The molecule has 0 saturated heterocycles. The highest BCUT2D eigenvalue weighted by Crippen LogP contribution is 2.20. The van der Waals surface area contributed by atoms with Gasteiger partial charge >= 0.3 is 11.9 Å².